The van der Waals surface area contributed by atoms with Crippen molar-refractivity contribution in [2.24, 2.45) is 11.7 Å². The fraction of sp³-hybridized carbons (Fsp3) is 0.857. The van der Waals surface area contributed by atoms with E-state index in [4.69, 9.17) is 5.73 Å². The Morgan fingerprint density at radius 1 is 1.16 bits per heavy atom. The van der Waals surface area contributed by atoms with Gasteiger partial charge in [0.15, 0.2) is 0 Å². The number of hydrogen-bond donors (Lipinski definition) is 3. The molecule has 0 radical (unpaired) electrons. The van der Waals surface area contributed by atoms with Gasteiger partial charge in [-0.25, -0.2) is 0 Å². The van der Waals surface area contributed by atoms with Crippen molar-refractivity contribution in [1.82, 2.24) is 10.6 Å². The fourth-order valence-corrected chi connectivity index (χ4v) is 2.38. The number of rotatable bonds is 6. The van der Waals surface area contributed by atoms with E-state index >= 15 is 0 Å². The zero-order valence-corrected chi connectivity index (χ0v) is 12.1. The highest BCUT2D eigenvalue weighted by Crippen LogP contribution is 2.25. The van der Waals surface area contributed by atoms with Crippen LogP contribution in [0.2, 0.25) is 0 Å². The highest BCUT2D eigenvalue weighted by atomic mass is 16.2. The van der Waals surface area contributed by atoms with Gasteiger partial charge >= 0.3 is 0 Å². The van der Waals surface area contributed by atoms with Crippen molar-refractivity contribution < 1.29 is 9.59 Å². The molecule has 5 nitrogen and oxygen atoms in total. The first-order valence-corrected chi connectivity index (χ1v) is 7.21. The largest absolute Gasteiger partial charge is 0.348 e. The molecule has 0 aromatic carbocycles. The average molecular weight is 269 g/mol. The van der Waals surface area contributed by atoms with E-state index in [2.05, 4.69) is 10.6 Å². The Morgan fingerprint density at radius 3 is 2.37 bits per heavy atom. The van der Waals surface area contributed by atoms with E-state index in [1.165, 1.54) is 19.3 Å². The van der Waals surface area contributed by atoms with Gasteiger partial charge in [-0.2, -0.15) is 0 Å². The molecule has 0 atom stereocenters. The van der Waals surface area contributed by atoms with Crippen molar-refractivity contribution in [3.63, 3.8) is 0 Å². The molecule has 1 saturated carbocycles. The topological polar surface area (TPSA) is 84.2 Å². The van der Waals surface area contributed by atoms with Crippen molar-refractivity contribution in [2.75, 3.05) is 13.1 Å². The zero-order chi connectivity index (χ0) is 14.3. The Bertz CT molecular complexity index is 310. The molecular weight excluding hydrogens is 242 g/mol. The van der Waals surface area contributed by atoms with E-state index in [-0.39, 0.29) is 18.4 Å². The minimum absolute atomic E-state index is 0.0207. The molecule has 0 aromatic rings. The molecule has 110 valence electrons. The molecule has 0 unspecified atom stereocenters. The van der Waals surface area contributed by atoms with Crippen molar-refractivity contribution >= 4 is 11.8 Å². The van der Waals surface area contributed by atoms with E-state index in [1.807, 2.05) is 13.8 Å². The Labute approximate surface area is 115 Å². The normalized spacial score (nSPS) is 17.0. The maximum Gasteiger partial charge on any atom is 0.239 e. The first kappa shape index (κ1) is 16.0. The molecule has 1 aliphatic carbocycles. The summed E-state index contributed by atoms with van der Waals surface area (Å²) in [6.45, 7) is 4.12. The van der Waals surface area contributed by atoms with Crippen LogP contribution in [0.15, 0.2) is 0 Å². The molecule has 2 amide bonds. The van der Waals surface area contributed by atoms with E-state index in [0.717, 1.165) is 12.8 Å². The van der Waals surface area contributed by atoms with Crippen LogP contribution < -0.4 is 16.4 Å². The second-order valence-corrected chi connectivity index (χ2v) is 6.12. The van der Waals surface area contributed by atoms with Crippen LogP contribution in [0.1, 0.15) is 52.4 Å². The molecule has 1 aliphatic rings. The third-order valence-corrected chi connectivity index (χ3v) is 3.63. The summed E-state index contributed by atoms with van der Waals surface area (Å²) in [5.41, 5.74) is 5.11. The quantitative estimate of drug-likeness (QED) is 0.670. The van der Waals surface area contributed by atoms with Gasteiger partial charge in [0.2, 0.25) is 11.8 Å². The molecule has 4 N–H and O–H groups in total. The molecule has 0 aliphatic heterocycles. The monoisotopic (exact) mass is 269 g/mol. The summed E-state index contributed by atoms with van der Waals surface area (Å²) in [5.74, 6) is 0.289. The minimum atomic E-state index is -0.425. The summed E-state index contributed by atoms with van der Waals surface area (Å²) in [6, 6.07) is 0. The number of hydrogen-bond acceptors (Lipinski definition) is 3. The Morgan fingerprint density at radius 2 is 1.79 bits per heavy atom. The third kappa shape index (κ3) is 6.57. The van der Waals surface area contributed by atoms with Crippen LogP contribution in [0.4, 0.5) is 0 Å². The van der Waals surface area contributed by atoms with Crippen LogP contribution in [0, 0.1) is 5.92 Å². The maximum atomic E-state index is 11.7. The Hall–Kier alpha value is -1.10. The van der Waals surface area contributed by atoms with Gasteiger partial charge in [0.25, 0.3) is 0 Å². The average Bonchev–Trinajstić information content (AvgIpc) is 2.37. The molecule has 1 fully saturated rings. The molecule has 19 heavy (non-hydrogen) atoms. The predicted molar refractivity (Wildman–Crippen MR) is 75.5 cm³/mol. The lowest BCUT2D eigenvalue weighted by atomic mass is 9.87. The fourth-order valence-electron chi connectivity index (χ4n) is 2.38. The summed E-state index contributed by atoms with van der Waals surface area (Å²) in [5, 5.41) is 5.47. The molecule has 0 bridgehead atoms. The van der Waals surface area contributed by atoms with Gasteiger partial charge < -0.3 is 16.4 Å². The van der Waals surface area contributed by atoms with Crippen LogP contribution in [-0.4, -0.2) is 30.4 Å². The summed E-state index contributed by atoms with van der Waals surface area (Å²) in [7, 11) is 0. The van der Waals surface area contributed by atoms with Gasteiger partial charge in [0.1, 0.15) is 0 Å². The molecule has 0 spiro atoms. The molecule has 5 heteroatoms. The lowest BCUT2D eigenvalue weighted by molar-refractivity contribution is -0.127. The third-order valence-electron chi connectivity index (χ3n) is 3.63. The second kappa shape index (κ2) is 7.48. The maximum absolute atomic E-state index is 11.7. The van der Waals surface area contributed by atoms with Crippen molar-refractivity contribution in [3.8, 4) is 0 Å². The Balaban J connectivity index is 2.20. The van der Waals surface area contributed by atoms with Crippen LogP contribution in [-0.2, 0) is 9.59 Å². The number of amides is 2. The van der Waals surface area contributed by atoms with Gasteiger partial charge in [-0.15, -0.1) is 0 Å². The molecule has 1 rings (SSSR count). The number of nitrogens with two attached hydrogens (primary N) is 1. The zero-order valence-electron chi connectivity index (χ0n) is 12.1. The van der Waals surface area contributed by atoms with Gasteiger partial charge in [-0.1, -0.05) is 19.3 Å². The number of carbonyl (C=O) groups is 2. The molecular formula is C14H27N3O2. The smallest absolute Gasteiger partial charge is 0.239 e. The van der Waals surface area contributed by atoms with Crippen molar-refractivity contribution in [3.05, 3.63) is 0 Å². The highest BCUT2D eigenvalue weighted by Gasteiger charge is 2.20. The van der Waals surface area contributed by atoms with Crippen LogP contribution in [0.3, 0.4) is 0 Å². The summed E-state index contributed by atoms with van der Waals surface area (Å²) in [4.78, 5) is 23.4. The van der Waals surface area contributed by atoms with Gasteiger partial charge in [-0.05, 0) is 32.6 Å². The summed E-state index contributed by atoms with van der Waals surface area (Å²) < 4.78 is 0. The van der Waals surface area contributed by atoms with Crippen molar-refractivity contribution in [1.29, 1.82) is 0 Å². The highest BCUT2D eigenvalue weighted by molar-refractivity contribution is 5.85. The Kier molecular flexibility index (Phi) is 6.28. The van der Waals surface area contributed by atoms with E-state index in [9.17, 15) is 9.59 Å². The summed E-state index contributed by atoms with van der Waals surface area (Å²) >= 11 is 0. The predicted octanol–water partition coefficient (Wildman–Crippen LogP) is 0.926. The minimum Gasteiger partial charge on any atom is -0.348 e. The number of carbonyl (C=O) groups excluding carboxylic acids is 2. The first-order valence-electron chi connectivity index (χ1n) is 7.21. The standard InChI is InChI=1S/C14H27N3O2/c1-14(2,10-15)17-13(19)9-16-12(18)8-11-6-4-3-5-7-11/h11H,3-10,15H2,1-2H3,(H,16,18)(H,17,19). The SMILES string of the molecule is CC(C)(CN)NC(=O)CNC(=O)CC1CCCCC1. The van der Waals surface area contributed by atoms with E-state index in [0.29, 0.717) is 18.9 Å². The molecule has 0 aromatic heterocycles. The van der Waals surface area contributed by atoms with Crippen LogP contribution in [0.25, 0.3) is 0 Å². The van der Waals surface area contributed by atoms with E-state index < -0.39 is 5.54 Å². The van der Waals surface area contributed by atoms with Crippen molar-refractivity contribution in [2.45, 2.75) is 57.9 Å². The van der Waals surface area contributed by atoms with E-state index in [1.54, 1.807) is 0 Å². The van der Waals surface area contributed by atoms with Crippen LogP contribution >= 0.6 is 0 Å². The molecule has 0 saturated heterocycles. The van der Waals surface area contributed by atoms with Crippen LogP contribution in [0.5, 0.6) is 0 Å². The van der Waals surface area contributed by atoms with Gasteiger partial charge in [-0.3, -0.25) is 9.59 Å². The van der Waals surface area contributed by atoms with Gasteiger partial charge in [0, 0.05) is 18.5 Å². The second-order valence-electron chi connectivity index (χ2n) is 6.12. The van der Waals surface area contributed by atoms with Gasteiger partial charge in [0.05, 0.1) is 6.54 Å². The lowest BCUT2D eigenvalue weighted by Gasteiger charge is -2.24. The summed E-state index contributed by atoms with van der Waals surface area (Å²) in [6.07, 6.45) is 6.56. The molecule has 0 heterocycles. The number of nitrogens with one attached hydrogen (secondary N) is 2. The lowest BCUT2D eigenvalue weighted by Crippen LogP contribution is -2.51. The first-order chi connectivity index (χ1) is 8.93.